The van der Waals surface area contributed by atoms with Crippen molar-refractivity contribution in [2.24, 2.45) is 0 Å². The van der Waals surface area contributed by atoms with E-state index in [-0.39, 0.29) is 0 Å². The van der Waals surface area contributed by atoms with Crippen LogP contribution in [0.15, 0.2) is 48.5 Å². The molecule has 2 N–H and O–H groups in total. The quantitative estimate of drug-likeness (QED) is 0.746. The maximum Gasteiger partial charge on any atom is 0.121 e. The van der Waals surface area contributed by atoms with Crippen LogP contribution in [0.1, 0.15) is 5.82 Å². The summed E-state index contributed by atoms with van der Waals surface area (Å²) in [6, 6.07) is 16.0. The minimum Gasteiger partial charge on any atom is -0.497 e. The highest BCUT2D eigenvalue weighted by atomic mass is 16.5. The number of anilines is 1. The Morgan fingerprint density at radius 1 is 1.15 bits per heavy atom. The molecule has 2 aromatic carbocycles. The van der Waals surface area contributed by atoms with Gasteiger partial charge in [-0.25, -0.2) is 4.98 Å². The zero-order valence-electron chi connectivity index (χ0n) is 11.4. The number of para-hydroxylation sites is 1. The average molecular weight is 267 g/mol. The molecule has 0 bridgehead atoms. The fourth-order valence-corrected chi connectivity index (χ4v) is 2.17. The summed E-state index contributed by atoms with van der Waals surface area (Å²) in [5.41, 5.74) is 3.12. The fourth-order valence-electron chi connectivity index (χ4n) is 2.17. The minimum atomic E-state index is 0.843. The number of hydrogen-bond donors (Lipinski definition) is 2. The summed E-state index contributed by atoms with van der Waals surface area (Å²) in [5.74, 6) is 1.83. The minimum absolute atomic E-state index is 0.843. The van der Waals surface area contributed by atoms with Crippen LogP contribution in [0, 0.1) is 0 Å². The summed E-state index contributed by atoms with van der Waals surface area (Å²) in [6.45, 7) is 0.848. The highest BCUT2D eigenvalue weighted by Gasteiger charge is 2.03. The predicted molar refractivity (Wildman–Crippen MR) is 81.3 cm³/mol. The second kappa shape index (κ2) is 5.65. The van der Waals surface area contributed by atoms with E-state index in [1.807, 2.05) is 36.4 Å². The van der Waals surface area contributed by atoms with Gasteiger partial charge in [-0.2, -0.15) is 0 Å². The third-order valence-corrected chi connectivity index (χ3v) is 3.20. The SMILES string of the molecule is COc1ccc2nc(CCNc3ccccc3)[nH]c2c1. The number of hydrogen-bond acceptors (Lipinski definition) is 3. The second-order valence-electron chi connectivity index (χ2n) is 4.61. The third-order valence-electron chi connectivity index (χ3n) is 3.20. The van der Waals surface area contributed by atoms with Crippen LogP contribution >= 0.6 is 0 Å². The van der Waals surface area contributed by atoms with Crippen molar-refractivity contribution in [1.29, 1.82) is 0 Å². The zero-order chi connectivity index (χ0) is 13.8. The molecule has 1 heterocycles. The van der Waals surface area contributed by atoms with Gasteiger partial charge in [0.2, 0.25) is 0 Å². The molecule has 0 radical (unpaired) electrons. The van der Waals surface area contributed by atoms with Crippen LogP contribution in [0.4, 0.5) is 5.69 Å². The van der Waals surface area contributed by atoms with Crippen molar-refractivity contribution < 1.29 is 4.74 Å². The molecule has 0 aliphatic rings. The van der Waals surface area contributed by atoms with Crippen molar-refractivity contribution in [2.45, 2.75) is 6.42 Å². The lowest BCUT2D eigenvalue weighted by atomic mass is 10.3. The van der Waals surface area contributed by atoms with Gasteiger partial charge in [0.05, 0.1) is 18.1 Å². The van der Waals surface area contributed by atoms with Crippen LogP contribution in [-0.2, 0) is 6.42 Å². The Kier molecular flexibility index (Phi) is 3.54. The molecule has 4 nitrogen and oxygen atoms in total. The smallest absolute Gasteiger partial charge is 0.121 e. The van der Waals surface area contributed by atoms with E-state index in [1.165, 1.54) is 0 Å². The normalized spacial score (nSPS) is 10.7. The first-order chi connectivity index (χ1) is 9.85. The molecule has 0 aliphatic carbocycles. The molecule has 1 aromatic heterocycles. The van der Waals surface area contributed by atoms with Gasteiger partial charge in [-0.05, 0) is 24.3 Å². The van der Waals surface area contributed by atoms with Crippen LogP contribution in [-0.4, -0.2) is 23.6 Å². The molecule has 102 valence electrons. The van der Waals surface area contributed by atoms with Crippen molar-refractivity contribution in [3.05, 3.63) is 54.4 Å². The molecule has 0 unspecified atom stereocenters. The Morgan fingerprint density at radius 3 is 2.80 bits per heavy atom. The van der Waals surface area contributed by atoms with Crippen LogP contribution in [0.2, 0.25) is 0 Å². The average Bonchev–Trinajstić information content (AvgIpc) is 2.90. The van der Waals surface area contributed by atoms with Gasteiger partial charge >= 0.3 is 0 Å². The molecule has 0 aliphatic heterocycles. The van der Waals surface area contributed by atoms with Gasteiger partial charge in [0, 0.05) is 24.7 Å². The summed E-state index contributed by atoms with van der Waals surface area (Å²) in [6.07, 6.45) is 0.853. The number of nitrogens with one attached hydrogen (secondary N) is 2. The molecule has 3 rings (SSSR count). The van der Waals surface area contributed by atoms with E-state index < -0.39 is 0 Å². The first kappa shape index (κ1) is 12.5. The molecule has 4 heteroatoms. The number of H-pyrrole nitrogens is 1. The van der Waals surface area contributed by atoms with Crippen LogP contribution in [0.25, 0.3) is 11.0 Å². The molecule has 3 aromatic rings. The topological polar surface area (TPSA) is 49.9 Å². The Morgan fingerprint density at radius 2 is 2.00 bits per heavy atom. The number of imidazole rings is 1. The molecule has 20 heavy (non-hydrogen) atoms. The van der Waals surface area contributed by atoms with Crippen LogP contribution < -0.4 is 10.1 Å². The summed E-state index contributed by atoms with van der Waals surface area (Å²) in [4.78, 5) is 7.89. The van der Waals surface area contributed by atoms with Gasteiger partial charge in [0.15, 0.2) is 0 Å². The lowest BCUT2D eigenvalue weighted by Gasteiger charge is -2.03. The number of ether oxygens (including phenoxy) is 1. The van der Waals surface area contributed by atoms with E-state index in [9.17, 15) is 0 Å². The van der Waals surface area contributed by atoms with E-state index in [0.29, 0.717) is 0 Å². The highest BCUT2D eigenvalue weighted by Crippen LogP contribution is 2.18. The van der Waals surface area contributed by atoms with Crippen molar-refractivity contribution in [1.82, 2.24) is 9.97 Å². The van der Waals surface area contributed by atoms with Crippen molar-refractivity contribution >= 4 is 16.7 Å². The first-order valence-corrected chi connectivity index (χ1v) is 6.67. The number of aromatic amines is 1. The van der Waals surface area contributed by atoms with Crippen LogP contribution in [0.3, 0.4) is 0 Å². The summed E-state index contributed by atoms with van der Waals surface area (Å²) < 4.78 is 5.21. The largest absolute Gasteiger partial charge is 0.497 e. The maximum absolute atomic E-state index is 5.21. The second-order valence-corrected chi connectivity index (χ2v) is 4.61. The van der Waals surface area contributed by atoms with Crippen molar-refractivity contribution in [3.63, 3.8) is 0 Å². The van der Waals surface area contributed by atoms with E-state index in [4.69, 9.17) is 4.74 Å². The number of aromatic nitrogens is 2. The summed E-state index contributed by atoms with van der Waals surface area (Å²) in [5, 5.41) is 3.38. The van der Waals surface area contributed by atoms with E-state index in [0.717, 1.165) is 41.3 Å². The Hall–Kier alpha value is -2.49. The Labute approximate surface area is 117 Å². The highest BCUT2D eigenvalue weighted by molar-refractivity contribution is 5.76. The lowest BCUT2D eigenvalue weighted by molar-refractivity contribution is 0.415. The molecule has 0 amide bonds. The van der Waals surface area contributed by atoms with Gasteiger partial charge < -0.3 is 15.0 Å². The number of methoxy groups -OCH3 is 1. The lowest BCUT2D eigenvalue weighted by Crippen LogP contribution is -2.05. The van der Waals surface area contributed by atoms with E-state index in [1.54, 1.807) is 7.11 Å². The Balaban J connectivity index is 1.66. The number of nitrogens with zero attached hydrogens (tertiary/aromatic N) is 1. The van der Waals surface area contributed by atoms with E-state index >= 15 is 0 Å². The number of benzene rings is 2. The van der Waals surface area contributed by atoms with Crippen LogP contribution in [0.5, 0.6) is 5.75 Å². The van der Waals surface area contributed by atoms with Crippen molar-refractivity contribution in [3.8, 4) is 5.75 Å². The van der Waals surface area contributed by atoms with Gasteiger partial charge in [-0.3, -0.25) is 0 Å². The summed E-state index contributed by atoms with van der Waals surface area (Å²) >= 11 is 0. The predicted octanol–water partition coefficient (Wildman–Crippen LogP) is 3.23. The van der Waals surface area contributed by atoms with Gasteiger partial charge in [-0.15, -0.1) is 0 Å². The molecular formula is C16H17N3O. The maximum atomic E-state index is 5.21. The zero-order valence-corrected chi connectivity index (χ0v) is 11.4. The third kappa shape index (κ3) is 2.74. The van der Waals surface area contributed by atoms with Crippen molar-refractivity contribution in [2.75, 3.05) is 19.0 Å². The molecule has 0 atom stereocenters. The van der Waals surface area contributed by atoms with Gasteiger partial charge in [0.1, 0.15) is 11.6 Å². The van der Waals surface area contributed by atoms with Gasteiger partial charge in [-0.1, -0.05) is 18.2 Å². The van der Waals surface area contributed by atoms with Gasteiger partial charge in [0.25, 0.3) is 0 Å². The van der Waals surface area contributed by atoms with E-state index in [2.05, 4.69) is 27.4 Å². The fraction of sp³-hybridized carbons (Fsp3) is 0.188. The standard InChI is InChI=1S/C16H17N3O/c1-20-13-7-8-14-15(11-13)19-16(18-14)9-10-17-12-5-3-2-4-6-12/h2-8,11,17H,9-10H2,1H3,(H,18,19). The summed E-state index contributed by atoms with van der Waals surface area (Å²) in [7, 11) is 1.67. The first-order valence-electron chi connectivity index (χ1n) is 6.67. The number of rotatable bonds is 5. The molecule has 0 saturated carbocycles. The Bertz CT molecular complexity index is 691. The molecule has 0 spiro atoms. The molecule has 0 saturated heterocycles. The monoisotopic (exact) mass is 267 g/mol. The number of fused-ring (bicyclic) bond motifs is 1. The molecule has 0 fully saturated rings. The molecular weight excluding hydrogens is 250 g/mol.